The Morgan fingerprint density at radius 3 is 1.29 bits per heavy atom. The molecule has 9 nitrogen and oxygen atoms in total. The summed E-state index contributed by atoms with van der Waals surface area (Å²) in [6.45, 7) is 20.1. The van der Waals surface area contributed by atoms with Gasteiger partial charge in [0.05, 0.1) is 6.07 Å². The molecule has 9 heteroatoms. The van der Waals surface area contributed by atoms with Gasteiger partial charge in [-0.15, -0.1) is 6.58 Å². The lowest BCUT2D eigenvalue weighted by atomic mass is 10.4. The second-order valence-corrected chi connectivity index (χ2v) is 2.22. The highest BCUT2D eigenvalue weighted by molar-refractivity contribution is 5.78. The third-order valence-electron chi connectivity index (χ3n) is 0.376. The van der Waals surface area contributed by atoms with E-state index in [9.17, 15) is 9.59 Å². The highest BCUT2D eigenvalue weighted by Crippen LogP contribution is 1.70. The average Bonchev–Trinajstić information content (AvgIpc) is 2.54. The summed E-state index contributed by atoms with van der Waals surface area (Å²) in [4.78, 5) is 42.9. The van der Waals surface area contributed by atoms with Crippen molar-refractivity contribution < 1.29 is 29.1 Å². The molecule has 136 valence electrons. The van der Waals surface area contributed by atoms with E-state index >= 15 is 0 Å². The van der Waals surface area contributed by atoms with Crippen LogP contribution in [0, 0.1) is 23.2 Å². The van der Waals surface area contributed by atoms with Crippen molar-refractivity contribution in [3.05, 3.63) is 37.5 Å². The van der Waals surface area contributed by atoms with E-state index in [1.165, 1.54) is 6.92 Å². The van der Waals surface area contributed by atoms with Crippen LogP contribution in [0.1, 0.15) is 20.8 Å². The number of hydrogen-bond donors (Lipinski definition) is 2. The first kappa shape index (κ1) is 50.0. The van der Waals surface area contributed by atoms with Gasteiger partial charge in [-0.2, -0.15) is 14.9 Å². The van der Waals surface area contributed by atoms with E-state index < -0.39 is 5.97 Å². The third-order valence-corrected chi connectivity index (χ3v) is 0.376. The average molecular weight is 343 g/mol. The Kier molecular flexibility index (Phi) is 251. The lowest BCUT2D eigenvalue weighted by Crippen LogP contribution is -1.82. The van der Waals surface area contributed by atoms with Crippen LogP contribution >= 0.6 is 0 Å². The Labute approximate surface area is 142 Å². The molecule has 0 aromatic rings. The zero-order chi connectivity index (χ0) is 20.7. The van der Waals surface area contributed by atoms with Gasteiger partial charge in [0.15, 0.2) is 0 Å². The van der Waals surface area contributed by atoms with Gasteiger partial charge in [0, 0.05) is 19.6 Å². The number of hydrogen-bond acceptors (Lipinski definition) is 8. The van der Waals surface area contributed by atoms with Gasteiger partial charge in [0.1, 0.15) is 13.1 Å². The van der Waals surface area contributed by atoms with E-state index in [2.05, 4.69) is 26.3 Å². The van der Waals surface area contributed by atoms with Gasteiger partial charge in [-0.3, -0.25) is 4.79 Å². The molecule has 0 saturated heterocycles. The van der Waals surface area contributed by atoms with Crippen molar-refractivity contribution >= 4 is 25.2 Å². The zero-order valence-electron chi connectivity index (χ0n) is 14.2. The monoisotopic (exact) mass is 343 g/mol. The second kappa shape index (κ2) is 121. The molecule has 0 atom stereocenters. The minimum absolute atomic E-state index is 0. The van der Waals surface area contributed by atoms with Crippen LogP contribution in [0.5, 0.6) is 0 Å². The summed E-state index contributed by atoms with van der Waals surface area (Å²) in [7, 11) is 0. The molecule has 0 aliphatic carbocycles. The predicted molar refractivity (Wildman–Crippen MR) is 89.7 cm³/mol. The summed E-state index contributed by atoms with van der Waals surface area (Å²) in [6.07, 6.45) is 3.56. The Hall–Kier alpha value is -3.65. The molecule has 0 fully saturated rings. The largest absolute Gasteiger partial charge is 0.478 e. The summed E-state index contributed by atoms with van der Waals surface area (Å²) in [5, 5.41) is 21.4. The molecule has 0 spiro atoms. The fourth-order valence-electron chi connectivity index (χ4n) is 0. The Morgan fingerprint density at radius 1 is 1.21 bits per heavy atom. The lowest BCUT2D eigenvalue weighted by Gasteiger charge is -1.65. The summed E-state index contributed by atoms with van der Waals surface area (Å²) >= 11 is 0. The van der Waals surface area contributed by atoms with E-state index in [0.29, 0.717) is 5.57 Å². The lowest BCUT2D eigenvalue weighted by molar-refractivity contribution is -0.191. The minimum Gasteiger partial charge on any atom is -0.478 e. The van der Waals surface area contributed by atoms with E-state index in [4.69, 9.17) is 30.0 Å². The van der Waals surface area contributed by atoms with Crippen LogP contribution in [-0.4, -0.2) is 30.3 Å². The number of nitriles is 2. The first-order valence-corrected chi connectivity index (χ1v) is 5.17. The zero-order valence-corrected chi connectivity index (χ0v) is 14.2. The maximum Gasteiger partial charge on any atom is 0.373 e. The number of carbonyl (C=O) groups is 3. The molecule has 0 radical (unpaired) electrons. The number of aldehydes is 1. The van der Waals surface area contributed by atoms with E-state index in [-0.39, 0.29) is 12.3 Å². The van der Waals surface area contributed by atoms with Crippen LogP contribution < -0.4 is 6.15 Å². The van der Waals surface area contributed by atoms with Gasteiger partial charge in [-0.1, -0.05) is 19.2 Å². The Bertz CT molecular complexity index is 360. The fraction of sp³-hybridized carbons (Fsp3) is 0.200. The summed E-state index contributed by atoms with van der Waals surface area (Å²) in [5.41, 5.74) is 0.574. The van der Waals surface area contributed by atoms with Crippen molar-refractivity contribution in [1.29, 1.82) is 10.5 Å². The van der Waals surface area contributed by atoms with E-state index in [1.54, 1.807) is 19.1 Å². The minimum atomic E-state index is -0.981. The smallest absolute Gasteiger partial charge is 0.373 e. The molecule has 0 aromatic carbocycles. The van der Waals surface area contributed by atoms with Crippen LogP contribution in [0.15, 0.2) is 37.5 Å². The predicted octanol–water partition coefficient (Wildman–Crippen LogP) is 2.27. The van der Waals surface area contributed by atoms with Crippen LogP contribution in [0.3, 0.4) is 0 Å². The molecule has 0 unspecified atom stereocenters. The molecule has 0 bridgehead atoms. The summed E-state index contributed by atoms with van der Waals surface area (Å²) in [5.74, 6) is -0.981. The normalized spacial score (nSPS) is 4.17. The van der Waals surface area contributed by atoms with Gasteiger partial charge in [0.25, 0.3) is 0 Å². The van der Waals surface area contributed by atoms with E-state index in [1.807, 2.05) is 13.7 Å². The molecule has 0 aliphatic heterocycles. The van der Waals surface area contributed by atoms with Crippen molar-refractivity contribution in [2.45, 2.75) is 20.8 Å². The first-order chi connectivity index (χ1) is 10.8. The Morgan fingerprint density at radius 2 is 1.29 bits per heavy atom. The molecule has 24 heavy (non-hydrogen) atoms. The van der Waals surface area contributed by atoms with Gasteiger partial charge in [0.2, 0.25) is 0 Å². The molecule has 0 heterocycles. The molecular weight excluding hydrogens is 318 g/mol. The number of rotatable bonds is 2. The second-order valence-electron chi connectivity index (χ2n) is 2.22. The third kappa shape index (κ3) is 45100. The first-order valence-electron chi connectivity index (χ1n) is 5.17. The van der Waals surface area contributed by atoms with Crippen LogP contribution in [0.4, 0.5) is 0 Å². The van der Waals surface area contributed by atoms with Crippen LogP contribution in [-0.2, 0) is 24.0 Å². The number of allylic oxidation sites excluding steroid dienone is 2. The maximum absolute atomic E-state index is 9.41. The Balaban J connectivity index is -0.0000000213. The molecule has 4 N–H and O–H groups in total. The molecule has 0 aromatic heterocycles. The summed E-state index contributed by atoms with van der Waals surface area (Å²) in [6, 6.07) is 1.75. The number of nitrogens with zero attached hydrogens (tertiary/aromatic N) is 2. The number of carboxylic acids is 1. The van der Waals surface area contributed by atoms with Gasteiger partial charge in [-0.05, 0) is 19.4 Å². The van der Waals surface area contributed by atoms with Gasteiger partial charge in [-0.25, -0.2) is 10.1 Å². The quantitative estimate of drug-likeness (QED) is 0.430. The van der Waals surface area contributed by atoms with Crippen LogP contribution in [0.25, 0.3) is 0 Å². The molecule has 0 amide bonds. The van der Waals surface area contributed by atoms with Gasteiger partial charge >= 0.3 is 12.1 Å². The van der Waals surface area contributed by atoms with Crippen molar-refractivity contribution in [2.24, 2.45) is 0 Å². The van der Waals surface area contributed by atoms with Crippen molar-refractivity contribution in [3.8, 4) is 12.6 Å². The molecular formula is C15H25N3O6. The topological polar surface area (TPSA) is 188 Å². The van der Waals surface area contributed by atoms with Gasteiger partial charge < -0.3 is 16.1 Å². The van der Waals surface area contributed by atoms with Crippen molar-refractivity contribution in [2.75, 3.05) is 0 Å². The number of carbonyl (C=O) groups excluding carboxylic acids is 4. The standard InChI is InChI=1S/C4H6O.C3H4O2.C3H6.C2H3N.CHN.CO2.CH2O.H3N/c1-4(2)3-5;1-2-3(4)5;1-3-2;1-2-3;1-2;2-1-3;1-2;/h3H,1H2,2H3;2H,1H2,(H,4,5);3H,1H2,2H3;1H3;1H;;1H2;1H3. The summed E-state index contributed by atoms with van der Waals surface area (Å²) < 4.78 is 0. The maximum atomic E-state index is 9.41. The van der Waals surface area contributed by atoms with Crippen molar-refractivity contribution in [3.63, 3.8) is 0 Å². The van der Waals surface area contributed by atoms with Crippen molar-refractivity contribution in [1.82, 2.24) is 6.15 Å². The number of carboxylic acid groups (broad SMARTS) is 1. The fourth-order valence-corrected chi connectivity index (χ4v) is 0. The highest BCUT2D eigenvalue weighted by atomic mass is 16.4. The molecule has 0 rings (SSSR count). The van der Waals surface area contributed by atoms with Crippen LogP contribution in [0.2, 0.25) is 0 Å². The highest BCUT2D eigenvalue weighted by Gasteiger charge is 1.73. The molecule has 0 aliphatic rings. The SMILES string of the molecule is C#N.C=C(C)C=O.C=CC.C=CC(=O)O.C=O.CC#N.N.O=C=O. The molecule has 0 saturated carbocycles. The number of aliphatic carboxylic acids is 1. The van der Waals surface area contributed by atoms with E-state index in [0.717, 1.165) is 12.4 Å².